The Bertz CT molecular complexity index is 1490. The van der Waals surface area contributed by atoms with Gasteiger partial charge >= 0.3 is 17.9 Å². The summed E-state index contributed by atoms with van der Waals surface area (Å²) in [5, 5.41) is 7.75. The Morgan fingerprint density at radius 2 is 1.04 bits per heavy atom. The van der Waals surface area contributed by atoms with Crippen LogP contribution < -0.4 is 16.0 Å². The van der Waals surface area contributed by atoms with Crippen molar-refractivity contribution in [3.05, 3.63) is 108 Å². The lowest BCUT2D eigenvalue weighted by atomic mass is 10.1. The van der Waals surface area contributed by atoms with Gasteiger partial charge in [-0.05, 0) is 42.9 Å². The van der Waals surface area contributed by atoms with Crippen LogP contribution in [-0.2, 0) is 62.8 Å². The molecule has 12 heteroatoms. The summed E-state index contributed by atoms with van der Waals surface area (Å²) >= 11 is 0. The third kappa shape index (κ3) is 15.3. The molecule has 0 saturated carbocycles. The fourth-order valence-electron chi connectivity index (χ4n) is 4.63. The van der Waals surface area contributed by atoms with Crippen molar-refractivity contribution in [3.8, 4) is 0 Å². The smallest absolute Gasteiger partial charge is 0.328 e. The highest BCUT2D eigenvalue weighted by atomic mass is 16.5. The van der Waals surface area contributed by atoms with Crippen molar-refractivity contribution >= 4 is 36.1 Å². The normalized spacial score (nSPS) is 12.3. The standard InChI is InChI=1S/C37H43N3O9/c1-27(17-21-34(43)47-23-28-11-5-2-6-12-28)39-36(45)31(38-26-41)18-20-33(42)40-32(37(46)49-25-30-15-9-4-10-16-30)19-22-35(44)48-24-29-13-7-3-8-14-29/h2-16,26-27,31-32H,17-25H2,1H3,(H,38,41)(H,39,45)(H,40,42). The van der Waals surface area contributed by atoms with Crippen molar-refractivity contribution in [1.29, 1.82) is 0 Å². The molecule has 49 heavy (non-hydrogen) atoms. The summed E-state index contributed by atoms with van der Waals surface area (Å²) in [4.78, 5) is 74.7. The zero-order valence-electron chi connectivity index (χ0n) is 27.5. The van der Waals surface area contributed by atoms with E-state index in [2.05, 4.69) is 16.0 Å². The average Bonchev–Trinajstić information content (AvgIpc) is 3.12. The quantitative estimate of drug-likeness (QED) is 0.0869. The maximum Gasteiger partial charge on any atom is 0.328 e. The van der Waals surface area contributed by atoms with Crippen LogP contribution in [0, 0.1) is 0 Å². The van der Waals surface area contributed by atoms with Crippen LogP contribution >= 0.6 is 0 Å². The molecule has 0 bridgehead atoms. The molecule has 0 fully saturated rings. The summed E-state index contributed by atoms with van der Waals surface area (Å²) in [5.41, 5.74) is 2.41. The minimum atomic E-state index is -1.16. The molecule has 0 heterocycles. The Morgan fingerprint density at radius 1 is 0.592 bits per heavy atom. The molecule has 0 aliphatic heterocycles. The number of amides is 3. The highest BCUT2D eigenvalue weighted by Crippen LogP contribution is 2.10. The van der Waals surface area contributed by atoms with Crippen LogP contribution in [0.25, 0.3) is 0 Å². The Kier molecular flexibility index (Phi) is 16.5. The van der Waals surface area contributed by atoms with Crippen LogP contribution in [0.5, 0.6) is 0 Å². The zero-order chi connectivity index (χ0) is 35.3. The molecule has 0 aliphatic rings. The van der Waals surface area contributed by atoms with E-state index in [-0.39, 0.29) is 51.9 Å². The molecule has 0 spiro atoms. The second-order valence-electron chi connectivity index (χ2n) is 11.4. The van der Waals surface area contributed by atoms with Crippen molar-refractivity contribution in [2.75, 3.05) is 0 Å². The summed E-state index contributed by atoms with van der Waals surface area (Å²) in [7, 11) is 0. The van der Waals surface area contributed by atoms with Crippen LogP contribution in [0.3, 0.4) is 0 Å². The number of hydrogen-bond acceptors (Lipinski definition) is 9. The van der Waals surface area contributed by atoms with Gasteiger partial charge in [0.2, 0.25) is 18.2 Å². The van der Waals surface area contributed by atoms with Crippen LogP contribution in [-0.4, -0.2) is 54.3 Å². The molecule has 3 aromatic rings. The van der Waals surface area contributed by atoms with Crippen molar-refractivity contribution in [2.45, 2.75) is 83.4 Å². The molecular formula is C37H43N3O9. The second-order valence-corrected chi connectivity index (χ2v) is 11.4. The zero-order valence-corrected chi connectivity index (χ0v) is 27.5. The van der Waals surface area contributed by atoms with E-state index in [1.807, 2.05) is 66.7 Å². The number of benzene rings is 3. The van der Waals surface area contributed by atoms with E-state index in [1.165, 1.54) is 0 Å². The first-order valence-corrected chi connectivity index (χ1v) is 16.1. The third-order valence-corrected chi connectivity index (χ3v) is 7.38. The summed E-state index contributed by atoms with van der Waals surface area (Å²) in [6, 6.07) is 24.7. The number of carbonyl (C=O) groups is 6. The molecule has 3 aromatic carbocycles. The molecule has 3 amide bonds. The van der Waals surface area contributed by atoms with Gasteiger partial charge in [0.1, 0.15) is 31.9 Å². The van der Waals surface area contributed by atoms with E-state index >= 15 is 0 Å². The Labute approximate surface area is 285 Å². The first kappa shape index (κ1) is 37.9. The van der Waals surface area contributed by atoms with Gasteiger partial charge in [0, 0.05) is 25.3 Å². The number of carbonyl (C=O) groups excluding carboxylic acids is 6. The molecule has 3 unspecified atom stereocenters. The highest BCUT2D eigenvalue weighted by molar-refractivity contribution is 5.87. The molecule has 3 atom stereocenters. The minimum Gasteiger partial charge on any atom is -0.461 e. The number of nitrogens with one attached hydrogen (secondary N) is 3. The van der Waals surface area contributed by atoms with Crippen LogP contribution in [0.15, 0.2) is 91.0 Å². The van der Waals surface area contributed by atoms with Gasteiger partial charge < -0.3 is 30.2 Å². The summed E-state index contributed by atoms with van der Waals surface area (Å²) in [6.45, 7) is 1.90. The van der Waals surface area contributed by atoms with Crippen molar-refractivity contribution in [1.82, 2.24) is 16.0 Å². The van der Waals surface area contributed by atoms with E-state index in [4.69, 9.17) is 14.2 Å². The molecule has 3 N–H and O–H groups in total. The van der Waals surface area contributed by atoms with Gasteiger partial charge in [-0.3, -0.25) is 24.0 Å². The maximum atomic E-state index is 13.0. The third-order valence-electron chi connectivity index (χ3n) is 7.38. The van der Waals surface area contributed by atoms with Gasteiger partial charge in [0.05, 0.1) is 0 Å². The average molecular weight is 674 g/mol. The molecule has 260 valence electrons. The van der Waals surface area contributed by atoms with Crippen LogP contribution in [0.1, 0.15) is 62.1 Å². The van der Waals surface area contributed by atoms with Gasteiger partial charge in [0.15, 0.2) is 0 Å². The Morgan fingerprint density at radius 3 is 1.53 bits per heavy atom. The van der Waals surface area contributed by atoms with Crippen molar-refractivity contribution in [2.24, 2.45) is 0 Å². The fraction of sp³-hybridized carbons (Fsp3) is 0.351. The number of esters is 3. The van der Waals surface area contributed by atoms with E-state index < -0.39 is 47.8 Å². The monoisotopic (exact) mass is 673 g/mol. The second kappa shape index (κ2) is 21.4. The number of rotatable bonds is 21. The molecule has 0 radical (unpaired) electrons. The summed E-state index contributed by atoms with van der Waals surface area (Å²) in [6.07, 6.45) is 0.201. The van der Waals surface area contributed by atoms with E-state index in [9.17, 15) is 28.8 Å². The predicted octanol–water partition coefficient (Wildman–Crippen LogP) is 3.66. The topological polar surface area (TPSA) is 166 Å². The molecule has 0 saturated heterocycles. The van der Waals surface area contributed by atoms with E-state index in [0.717, 1.165) is 16.7 Å². The summed E-state index contributed by atoms with van der Waals surface area (Å²) in [5.74, 6) is -2.82. The first-order chi connectivity index (χ1) is 23.7. The highest BCUT2D eigenvalue weighted by Gasteiger charge is 2.26. The van der Waals surface area contributed by atoms with Gasteiger partial charge in [-0.25, -0.2) is 4.79 Å². The molecule has 0 aliphatic carbocycles. The minimum absolute atomic E-state index is 0.0288. The molecular weight excluding hydrogens is 630 g/mol. The Hall–Kier alpha value is -5.52. The van der Waals surface area contributed by atoms with E-state index in [1.54, 1.807) is 31.2 Å². The largest absolute Gasteiger partial charge is 0.461 e. The van der Waals surface area contributed by atoms with Gasteiger partial charge in [-0.15, -0.1) is 0 Å². The maximum absolute atomic E-state index is 13.0. The number of ether oxygens (including phenoxy) is 3. The lowest BCUT2D eigenvalue weighted by molar-refractivity contribution is -0.150. The molecule has 3 rings (SSSR count). The van der Waals surface area contributed by atoms with Crippen LogP contribution in [0.4, 0.5) is 0 Å². The fourth-order valence-corrected chi connectivity index (χ4v) is 4.63. The lowest BCUT2D eigenvalue weighted by Crippen LogP contribution is -2.48. The van der Waals surface area contributed by atoms with E-state index in [0.29, 0.717) is 12.8 Å². The summed E-state index contributed by atoms with van der Waals surface area (Å²) < 4.78 is 16.0. The Balaban J connectivity index is 1.48. The SMILES string of the molecule is CC(CCC(=O)OCc1ccccc1)NC(=O)C(CCC(=O)NC(CCC(=O)OCc1ccccc1)C(=O)OCc1ccccc1)NC=O. The molecule has 12 nitrogen and oxygen atoms in total. The lowest BCUT2D eigenvalue weighted by Gasteiger charge is -2.21. The van der Waals surface area contributed by atoms with Gasteiger partial charge in [0.25, 0.3) is 0 Å². The van der Waals surface area contributed by atoms with Gasteiger partial charge in [-0.1, -0.05) is 91.0 Å². The van der Waals surface area contributed by atoms with Crippen LogP contribution in [0.2, 0.25) is 0 Å². The van der Waals surface area contributed by atoms with Gasteiger partial charge in [-0.2, -0.15) is 0 Å². The predicted molar refractivity (Wildman–Crippen MR) is 179 cm³/mol. The number of hydrogen-bond donors (Lipinski definition) is 3. The molecule has 0 aromatic heterocycles. The first-order valence-electron chi connectivity index (χ1n) is 16.1. The van der Waals surface area contributed by atoms with Crippen molar-refractivity contribution < 1.29 is 43.0 Å². The van der Waals surface area contributed by atoms with Crippen molar-refractivity contribution in [3.63, 3.8) is 0 Å².